The number of benzene rings is 2. The monoisotopic (exact) mass is 299 g/mol. The minimum Gasteiger partial charge on any atom is -0.312 e. The van der Waals surface area contributed by atoms with E-state index in [1.54, 1.807) is 0 Å². The molecule has 0 spiro atoms. The fourth-order valence-corrected chi connectivity index (χ4v) is 3.87. The molecule has 1 N–H and O–H groups in total. The van der Waals surface area contributed by atoms with Crippen LogP contribution in [0.1, 0.15) is 35.2 Å². The van der Waals surface area contributed by atoms with Gasteiger partial charge in [0.1, 0.15) is 0 Å². The lowest BCUT2D eigenvalue weighted by Gasteiger charge is -2.24. The van der Waals surface area contributed by atoms with E-state index in [4.69, 9.17) is 0 Å². The van der Waals surface area contributed by atoms with E-state index in [0.717, 1.165) is 0 Å². The molecule has 21 heavy (non-hydrogen) atoms. The maximum atomic E-state index is 3.47. The van der Waals surface area contributed by atoms with Gasteiger partial charge in [-0.15, -0.1) is 11.8 Å². The first-order valence-electron chi connectivity index (χ1n) is 7.49. The third-order valence-electron chi connectivity index (χ3n) is 3.86. The smallest absolute Gasteiger partial charge is 0.0438 e. The Morgan fingerprint density at radius 3 is 2.10 bits per heavy atom. The summed E-state index contributed by atoms with van der Waals surface area (Å²) in [4.78, 5) is 1.38. The van der Waals surface area contributed by atoms with E-state index in [9.17, 15) is 0 Å². The fraction of sp³-hybridized carbons (Fsp3) is 0.368. The normalized spacial score (nSPS) is 14.0. The Kier molecular flexibility index (Phi) is 5.49. The van der Waals surface area contributed by atoms with Crippen LogP contribution in [0, 0.1) is 20.8 Å². The number of thioether (sulfide) groups is 1. The number of rotatable bonds is 5. The van der Waals surface area contributed by atoms with Crippen molar-refractivity contribution < 1.29 is 0 Å². The van der Waals surface area contributed by atoms with Gasteiger partial charge >= 0.3 is 0 Å². The molecule has 2 atom stereocenters. The van der Waals surface area contributed by atoms with E-state index in [1.165, 1.54) is 27.1 Å². The van der Waals surface area contributed by atoms with E-state index >= 15 is 0 Å². The summed E-state index contributed by atoms with van der Waals surface area (Å²) in [5.41, 5.74) is 5.36. The third-order valence-corrected chi connectivity index (χ3v) is 5.22. The quantitative estimate of drug-likeness (QED) is 0.775. The first kappa shape index (κ1) is 16.1. The van der Waals surface area contributed by atoms with Crippen LogP contribution in [0.15, 0.2) is 47.4 Å². The molecule has 0 aromatic heterocycles. The molecule has 2 unspecified atom stereocenters. The van der Waals surface area contributed by atoms with Crippen molar-refractivity contribution >= 4 is 11.8 Å². The molecule has 0 saturated heterocycles. The van der Waals surface area contributed by atoms with E-state index in [-0.39, 0.29) is 0 Å². The van der Waals surface area contributed by atoms with Crippen LogP contribution in [0.5, 0.6) is 0 Å². The average Bonchev–Trinajstić information content (AvgIpc) is 2.45. The maximum absolute atomic E-state index is 3.47. The van der Waals surface area contributed by atoms with Crippen molar-refractivity contribution in [3.63, 3.8) is 0 Å². The molecule has 112 valence electrons. The SMILES string of the molecule is CNC(c1ccc(C)cc1)C(C)Sc1ccc(C)cc1C. The van der Waals surface area contributed by atoms with Gasteiger partial charge in [0.25, 0.3) is 0 Å². The van der Waals surface area contributed by atoms with Gasteiger partial charge in [0.05, 0.1) is 0 Å². The highest BCUT2D eigenvalue weighted by Crippen LogP contribution is 2.34. The van der Waals surface area contributed by atoms with Gasteiger partial charge in [0.15, 0.2) is 0 Å². The van der Waals surface area contributed by atoms with Crippen LogP contribution in [-0.2, 0) is 0 Å². The number of aryl methyl sites for hydroxylation is 3. The lowest BCUT2D eigenvalue weighted by molar-refractivity contribution is 0.589. The van der Waals surface area contributed by atoms with Gasteiger partial charge in [-0.1, -0.05) is 54.4 Å². The van der Waals surface area contributed by atoms with Crippen LogP contribution in [0.3, 0.4) is 0 Å². The summed E-state index contributed by atoms with van der Waals surface area (Å²) >= 11 is 1.95. The van der Waals surface area contributed by atoms with Gasteiger partial charge in [0, 0.05) is 16.2 Å². The van der Waals surface area contributed by atoms with Crippen molar-refractivity contribution in [3.05, 3.63) is 64.7 Å². The van der Waals surface area contributed by atoms with E-state index in [1.807, 2.05) is 18.8 Å². The van der Waals surface area contributed by atoms with Gasteiger partial charge in [-0.3, -0.25) is 0 Å². The van der Waals surface area contributed by atoms with Crippen molar-refractivity contribution in [2.75, 3.05) is 7.05 Å². The summed E-state index contributed by atoms with van der Waals surface area (Å²) in [7, 11) is 2.05. The highest BCUT2D eigenvalue weighted by atomic mass is 32.2. The maximum Gasteiger partial charge on any atom is 0.0438 e. The number of hydrogen-bond acceptors (Lipinski definition) is 2. The molecule has 0 aliphatic heterocycles. The van der Waals surface area contributed by atoms with Crippen LogP contribution < -0.4 is 5.32 Å². The number of nitrogens with one attached hydrogen (secondary N) is 1. The Hall–Kier alpha value is -1.25. The molecular weight excluding hydrogens is 274 g/mol. The van der Waals surface area contributed by atoms with Crippen LogP contribution >= 0.6 is 11.8 Å². The Bertz CT molecular complexity index is 589. The van der Waals surface area contributed by atoms with Crippen LogP contribution in [0.25, 0.3) is 0 Å². The van der Waals surface area contributed by atoms with E-state index in [2.05, 4.69) is 75.5 Å². The van der Waals surface area contributed by atoms with E-state index < -0.39 is 0 Å². The Morgan fingerprint density at radius 2 is 1.52 bits per heavy atom. The molecule has 0 heterocycles. The lowest BCUT2D eigenvalue weighted by atomic mass is 10.0. The van der Waals surface area contributed by atoms with Crippen LogP contribution in [-0.4, -0.2) is 12.3 Å². The van der Waals surface area contributed by atoms with Gasteiger partial charge in [-0.25, -0.2) is 0 Å². The molecule has 0 aliphatic carbocycles. The summed E-state index contributed by atoms with van der Waals surface area (Å²) in [5, 5.41) is 3.94. The molecule has 2 rings (SSSR count). The molecule has 0 saturated carbocycles. The molecule has 0 amide bonds. The van der Waals surface area contributed by atoms with Crippen LogP contribution in [0.4, 0.5) is 0 Å². The lowest BCUT2D eigenvalue weighted by Crippen LogP contribution is -2.25. The molecule has 2 heteroatoms. The predicted molar refractivity (Wildman–Crippen MR) is 94.2 cm³/mol. The van der Waals surface area contributed by atoms with Crippen molar-refractivity contribution in [1.82, 2.24) is 5.32 Å². The summed E-state index contributed by atoms with van der Waals surface area (Å²) < 4.78 is 0. The summed E-state index contributed by atoms with van der Waals surface area (Å²) in [6.07, 6.45) is 0. The molecule has 2 aromatic carbocycles. The molecule has 0 aliphatic rings. The third kappa shape index (κ3) is 4.12. The first-order chi connectivity index (χ1) is 10.0. The molecule has 1 nitrogen and oxygen atoms in total. The van der Waals surface area contributed by atoms with Crippen LogP contribution in [0.2, 0.25) is 0 Å². The molecule has 0 bridgehead atoms. The van der Waals surface area contributed by atoms with Gasteiger partial charge in [-0.2, -0.15) is 0 Å². The minimum atomic E-state index is 0.358. The molecular formula is C19H25NS. The zero-order chi connectivity index (χ0) is 15.4. The fourth-order valence-electron chi connectivity index (χ4n) is 2.65. The number of hydrogen-bond donors (Lipinski definition) is 1. The average molecular weight is 299 g/mol. The van der Waals surface area contributed by atoms with Gasteiger partial charge in [-0.05, 0) is 45.0 Å². The Balaban J connectivity index is 2.16. The van der Waals surface area contributed by atoms with Crippen molar-refractivity contribution in [2.24, 2.45) is 0 Å². The molecule has 0 fully saturated rings. The highest BCUT2D eigenvalue weighted by molar-refractivity contribution is 8.00. The Morgan fingerprint density at radius 1 is 0.905 bits per heavy atom. The van der Waals surface area contributed by atoms with Crippen molar-refractivity contribution in [2.45, 2.75) is 43.9 Å². The molecule has 2 aromatic rings. The topological polar surface area (TPSA) is 12.0 Å². The summed E-state index contributed by atoms with van der Waals surface area (Å²) in [6, 6.07) is 15.9. The zero-order valence-corrected chi connectivity index (χ0v) is 14.4. The predicted octanol–water partition coefficient (Wildman–Crippen LogP) is 5.05. The largest absolute Gasteiger partial charge is 0.312 e. The summed E-state index contributed by atoms with van der Waals surface area (Å²) in [6.45, 7) is 8.77. The van der Waals surface area contributed by atoms with Gasteiger partial charge in [0.2, 0.25) is 0 Å². The Labute approximate surface area is 133 Å². The first-order valence-corrected chi connectivity index (χ1v) is 8.37. The van der Waals surface area contributed by atoms with Gasteiger partial charge < -0.3 is 5.32 Å². The summed E-state index contributed by atoms with van der Waals surface area (Å²) in [5.74, 6) is 0. The highest BCUT2D eigenvalue weighted by Gasteiger charge is 2.19. The second-order valence-corrected chi connectivity index (χ2v) is 7.19. The minimum absolute atomic E-state index is 0.358. The second kappa shape index (κ2) is 7.15. The van der Waals surface area contributed by atoms with Crippen molar-refractivity contribution in [3.8, 4) is 0 Å². The van der Waals surface area contributed by atoms with Crippen molar-refractivity contribution in [1.29, 1.82) is 0 Å². The zero-order valence-electron chi connectivity index (χ0n) is 13.6. The molecule has 0 radical (unpaired) electrons. The standard InChI is InChI=1S/C19H25NS/c1-13-6-9-17(10-7-13)19(20-5)16(4)21-18-11-8-14(2)12-15(18)3/h6-12,16,19-20H,1-5H3. The van der Waals surface area contributed by atoms with E-state index in [0.29, 0.717) is 11.3 Å². The second-order valence-electron chi connectivity index (χ2n) is 5.77.